The standard InChI is InChI=1S/C16H22N2O3/c1-20-13-9-18(10-14(13)21-2)16(19)12-7-3-5-11-6-4-8-17-15(11)12/h3,5,7,13-14,17H,4,6,8-10H2,1-2H3. The molecule has 3 rings (SSSR count). The zero-order chi connectivity index (χ0) is 14.8. The van der Waals surface area contributed by atoms with E-state index in [-0.39, 0.29) is 18.1 Å². The average molecular weight is 290 g/mol. The predicted molar refractivity (Wildman–Crippen MR) is 80.8 cm³/mol. The molecule has 0 radical (unpaired) electrons. The van der Waals surface area contributed by atoms with Crippen molar-refractivity contribution in [3.63, 3.8) is 0 Å². The Hall–Kier alpha value is -1.59. The Kier molecular flexibility index (Phi) is 4.12. The van der Waals surface area contributed by atoms with Gasteiger partial charge in [-0.3, -0.25) is 4.79 Å². The molecule has 5 heteroatoms. The minimum Gasteiger partial charge on any atom is -0.384 e. The Morgan fingerprint density at radius 3 is 2.62 bits per heavy atom. The summed E-state index contributed by atoms with van der Waals surface area (Å²) < 4.78 is 10.8. The van der Waals surface area contributed by atoms with Crippen molar-refractivity contribution >= 4 is 11.6 Å². The van der Waals surface area contributed by atoms with Crippen LogP contribution in [0.5, 0.6) is 0 Å². The van der Waals surface area contributed by atoms with Crippen LogP contribution in [-0.4, -0.2) is 56.9 Å². The quantitative estimate of drug-likeness (QED) is 0.917. The Bertz CT molecular complexity index is 520. The molecule has 1 aromatic carbocycles. The first-order valence-electron chi connectivity index (χ1n) is 7.45. The van der Waals surface area contributed by atoms with Gasteiger partial charge in [0, 0.05) is 33.9 Å². The molecule has 0 aromatic heterocycles. The summed E-state index contributed by atoms with van der Waals surface area (Å²) >= 11 is 0. The number of nitrogens with zero attached hydrogens (tertiary/aromatic N) is 1. The van der Waals surface area contributed by atoms with E-state index in [9.17, 15) is 4.79 Å². The van der Waals surface area contributed by atoms with Crippen molar-refractivity contribution in [2.45, 2.75) is 25.0 Å². The van der Waals surface area contributed by atoms with Gasteiger partial charge in [-0.15, -0.1) is 0 Å². The number of carbonyl (C=O) groups excluding carboxylic acids is 1. The first-order chi connectivity index (χ1) is 10.2. The van der Waals surface area contributed by atoms with Crippen LogP contribution >= 0.6 is 0 Å². The third kappa shape index (κ3) is 2.63. The summed E-state index contributed by atoms with van der Waals surface area (Å²) in [5.74, 6) is 0.0582. The number of amides is 1. The molecule has 1 amide bonds. The molecule has 21 heavy (non-hydrogen) atoms. The molecular weight excluding hydrogens is 268 g/mol. The number of ether oxygens (including phenoxy) is 2. The van der Waals surface area contributed by atoms with E-state index in [0.717, 1.165) is 30.6 Å². The molecule has 114 valence electrons. The summed E-state index contributed by atoms with van der Waals surface area (Å²) in [6.45, 7) is 2.09. The number of rotatable bonds is 3. The topological polar surface area (TPSA) is 50.8 Å². The van der Waals surface area contributed by atoms with E-state index in [1.54, 1.807) is 14.2 Å². The fourth-order valence-electron chi connectivity index (χ4n) is 3.22. The highest BCUT2D eigenvalue weighted by Crippen LogP contribution is 2.28. The van der Waals surface area contributed by atoms with E-state index >= 15 is 0 Å². The molecule has 5 nitrogen and oxygen atoms in total. The minimum absolute atomic E-state index is 0.0496. The second kappa shape index (κ2) is 6.03. The minimum atomic E-state index is -0.0496. The molecule has 2 unspecified atom stereocenters. The maximum Gasteiger partial charge on any atom is 0.256 e. The molecule has 2 aliphatic heterocycles. The number of benzene rings is 1. The van der Waals surface area contributed by atoms with Crippen LogP contribution in [0.2, 0.25) is 0 Å². The van der Waals surface area contributed by atoms with Crippen LogP contribution in [0.15, 0.2) is 18.2 Å². The SMILES string of the molecule is COC1CN(C(=O)c2cccc3c2NCCC3)CC1OC. The summed E-state index contributed by atoms with van der Waals surface area (Å²) in [6, 6.07) is 5.97. The molecule has 1 saturated heterocycles. The molecule has 0 spiro atoms. The number of anilines is 1. The van der Waals surface area contributed by atoms with Crippen LogP contribution in [0.25, 0.3) is 0 Å². The van der Waals surface area contributed by atoms with Crippen molar-refractivity contribution in [2.75, 3.05) is 39.2 Å². The Labute approximate surface area is 125 Å². The highest BCUT2D eigenvalue weighted by molar-refractivity contribution is 6.00. The van der Waals surface area contributed by atoms with Crippen LogP contribution in [0.3, 0.4) is 0 Å². The van der Waals surface area contributed by atoms with Crippen molar-refractivity contribution in [1.29, 1.82) is 0 Å². The van der Waals surface area contributed by atoms with Gasteiger partial charge in [0.25, 0.3) is 5.91 Å². The van der Waals surface area contributed by atoms with Gasteiger partial charge in [-0.1, -0.05) is 12.1 Å². The number of nitrogens with one attached hydrogen (secondary N) is 1. The van der Waals surface area contributed by atoms with Crippen molar-refractivity contribution in [1.82, 2.24) is 4.90 Å². The number of para-hydroxylation sites is 1. The number of fused-ring (bicyclic) bond motifs is 1. The van der Waals surface area contributed by atoms with E-state index in [1.807, 2.05) is 17.0 Å². The summed E-state index contributed by atoms with van der Waals surface area (Å²) in [6.07, 6.45) is 2.05. The highest BCUT2D eigenvalue weighted by atomic mass is 16.5. The largest absolute Gasteiger partial charge is 0.384 e. The lowest BCUT2D eigenvalue weighted by Gasteiger charge is -2.23. The normalized spacial score (nSPS) is 24.6. The van der Waals surface area contributed by atoms with Gasteiger partial charge < -0.3 is 19.7 Å². The van der Waals surface area contributed by atoms with Gasteiger partial charge in [0.15, 0.2) is 0 Å². The lowest BCUT2D eigenvalue weighted by molar-refractivity contribution is -0.00461. The van der Waals surface area contributed by atoms with Gasteiger partial charge in [0.05, 0.1) is 11.3 Å². The lowest BCUT2D eigenvalue weighted by atomic mass is 9.99. The average Bonchev–Trinajstić information content (AvgIpc) is 2.97. The van der Waals surface area contributed by atoms with Gasteiger partial charge in [0.2, 0.25) is 0 Å². The second-order valence-electron chi connectivity index (χ2n) is 5.63. The molecule has 0 saturated carbocycles. The summed E-state index contributed by atoms with van der Waals surface area (Å²) in [7, 11) is 3.33. The van der Waals surface area contributed by atoms with Crippen molar-refractivity contribution in [3.8, 4) is 0 Å². The van der Waals surface area contributed by atoms with Gasteiger partial charge in [-0.2, -0.15) is 0 Å². The van der Waals surface area contributed by atoms with Gasteiger partial charge in [0.1, 0.15) is 12.2 Å². The maximum atomic E-state index is 12.8. The second-order valence-corrected chi connectivity index (χ2v) is 5.63. The van der Waals surface area contributed by atoms with Crippen LogP contribution in [0, 0.1) is 0 Å². The van der Waals surface area contributed by atoms with Crippen LogP contribution < -0.4 is 5.32 Å². The number of hydrogen-bond acceptors (Lipinski definition) is 4. The molecule has 2 heterocycles. The zero-order valence-electron chi connectivity index (χ0n) is 12.6. The van der Waals surface area contributed by atoms with E-state index in [2.05, 4.69) is 11.4 Å². The fraction of sp³-hybridized carbons (Fsp3) is 0.562. The summed E-state index contributed by atoms with van der Waals surface area (Å²) in [4.78, 5) is 14.6. The monoisotopic (exact) mass is 290 g/mol. The molecule has 0 bridgehead atoms. The van der Waals surface area contributed by atoms with Crippen LogP contribution in [0.1, 0.15) is 22.3 Å². The van der Waals surface area contributed by atoms with Gasteiger partial charge in [-0.05, 0) is 24.5 Å². The maximum absolute atomic E-state index is 12.8. The molecule has 2 aliphatic rings. The number of carbonyl (C=O) groups is 1. The molecule has 1 N–H and O–H groups in total. The summed E-state index contributed by atoms with van der Waals surface area (Å²) in [5, 5.41) is 3.38. The van der Waals surface area contributed by atoms with Crippen molar-refractivity contribution in [2.24, 2.45) is 0 Å². The summed E-state index contributed by atoms with van der Waals surface area (Å²) in [5.41, 5.74) is 3.00. The smallest absolute Gasteiger partial charge is 0.256 e. The van der Waals surface area contributed by atoms with Crippen LogP contribution in [0.4, 0.5) is 5.69 Å². The third-order valence-corrected chi connectivity index (χ3v) is 4.41. The lowest BCUT2D eigenvalue weighted by Crippen LogP contribution is -2.31. The molecule has 1 aromatic rings. The molecular formula is C16H22N2O3. The van der Waals surface area contributed by atoms with E-state index in [4.69, 9.17) is 9.47 Å². The zero-order valence-corrected chi connectivity index (χ0v) is 12.6. The number of likely N-dealkylation sites (tertiary alicyclic amines) is 1. The first kappa shape index (κ1) is 14.4. The molecule has 0 aliphatic carbocycles. The van der Waals surface area contributed by atoms with Crippen molar-refractivity contribution < 1.29 is 14.3 Å². The van der Waals surface area contributed by atoms with E-state index in [1.165, 1.54) is 5.56 Å². The fourth-order valence-corrected chi connectivity index (χ4v) is 3.22. The predicted octanol–water partition coefficient (Wildman–Crippen LogP) is 1.53. The van der Waals surface area contributed by atoms with Gasteiger partial charge in [-0.25, -0.2) is 0 Å². The molecule has 1 fully saturated rings. The molecule has 2 atom stereocenters. The van der Waals surface area contributed by atoms with Crippen molar-refractivity contribution in [3.05, 3.63) is 29.3 Å². The van der Waals surface area contributed by atoms with Crippen LogP contribution in [-0.2, 0) is 15.9 Å². The number of aryl methyl sites for hydroxylation is 1. The first-order valence-corrected chi connectivity index (χ1v) is 7.45. The highest BCUT2D eigenvalue weighted by Gasteiger charge is 2.36. The Balaban J connectivity index is 1.83. The number of hydrogen-bond donors (Lipinski definition) is 1. The third-order valence-electron chi connectivity index (χ3n) is 4.41. The van der Waals surface area contributed by atoms with Gasteiger partial charge >= 0.3 is 0 Å². The Morgan fingerprint density at radius 1 is 1.24 bits per heavy atom. The van der Waals surface area contributed by atoms with E-state index < -0.39 is 0 Å². The number of methoxy groups -OCH3 is 2. The Morgan fingerprint density at radius 2 is 1.95 bits per heavy atom. The van der Waals surface area contributed by atoms with E-state index in [0.29, 0.717) is 13.1 Å².